The molecular formula is C20H34N6O. The first kappa shape index (κ1) is 21.2. The molecule has 0 amide bonds. The van der Waals surface area contributed by atoms with Crippen LogP contribution < -0.4 is 10.6 Å². The molecular weight excluding hydrogens is 340 g/mol. The summed E-state index contributed by atoms with van der Waals surface area (Å²) in [6.45, 7) is 11.7. The quantitative estimate of drug-likeness (QED) is 0.359. The fourth-order valence-electron chi connectivity index (χ4n) is 2.99. The molecule has 0 aliphatic heterocycles. The molecule has 0 radical (unpaired) electrons. The van der Waals surface area contributed by atoms with Gasteiger partial charge in [-0.05, 0) is 44.7 Å². The number of ether oxygens (including phenoxy) is 1. The summed E-state index contributed by atoms with van der Waals surface area (Å²) >= 11 is 0. The van der Waals surface area contributed by atoms with Crippen LogP contribution in [0.2, 0.25) is 0 Å². The zero-order valence-corrected chi connectivity index (χ0v) is 17.1. The van der Waals surface area contributed by atoms with Crippen molar-refractivity contribution in [2.45, 2.75) is 53.1 Å². The third-order valence-electron chi connectivity index (χ3n) is 4.40. The fraction of sp³-hybridized carbons (Fsp3) is 0.650. The maximum Gasteiger partial charge on any atom is 0.191 e. The minimum Gasteiger partial charge on any atom is -0.378 e. The Morgan fingerprint density at radius 2 is 2.07 bits per heavy atom. The van der Waals surface area contributed by atoms with Crippen LogP contribution >= 0.6 is 0 Å². The van der Waals surface area contributed by atoms with Crippen LogP contribution in [0, 0.1) is 5.92 Å². The summed E-state index contributed by atoms with van der Waals surface area (Å²) < 4.78 is 7.84. The van der Waals surface area contributed by atoms with Gasteiger partial charge in [-0.25, -0.2) is 0 Å². The smallest absolute Gasteiger partial charge is 0.191 e. The minimum absolute atomic E-state index is 0.284. The Morgan fingerprint density at radius 3 is 2.81 bits per heavy atom. The predicted octanol–water partition coefficient (Wildman–Crippen LogP) is 2.67. The number of aliphatic imine (C=N–C) groups is 1. The Labute approximate surface area is 162 Å². The van der Waals surface area contributed by atoms with Crippen LogP contribution in [0.1, 0.15) is 46.4 Å². The number of hydrogen-bond acceptors (Lipinski definition) is 4. The molecule has 0 fully saturated rings. The van der Waals surface area contributed by atoms with Gasteiger partial charge >= 0.3 is 0 Å². The van der Waals surface area contributed by atoms with E-state index >= 15 is 0 Å². The molecule has 0 saturated heterocycles. The van der Waals surface area contributed by atoms with Crippen LogP contribution in [0.5, 0.6) is 0 Å². The van der Waals surface area contributed by atoms with Gasteiger partial charge in [0.15, 0.2) is 11.6 Å². The van der Waals surface area contributed by atoms with Gasteiger partial charge in [0.2, 0.25) is 0 Å². The Morgan fingerprint density at radius 1 is 1.22 bits per heavy atom. The third-order valence-corrected chi connectivity index (χ3v) is 4.40. The van der Waals surface area contributed by atoms with E-state index in [-0.39, 0.29) is 6.10 Å². The first-order chi connectivity index (χ1) is 13.2. The number of fused-ring (bicyclic) bond motifs is 1. The topological polar surface area (TPSA) is 75.8 Å². The normalized spacial score (nSPS) is 13.3. The minimum atomic E-state index is 0.284. The Balaban J connectivity index is 1.79. The molecule has 27 heavy (non-hydrogen) atoms. The maximum atomic E-state index is 5.80. The molecule has 2 heterocycles. The van der Waals surface area contributed by atoms with Gasteiger partial charge in [0, 0.05) is 38.9 Å². The van der Waals surface area contributed by atoms with Gasteiger partial charge in [-0.2, -0.15) is 0 Å². The van der Waals surface area contributed by atoms with Crippen LogP contribution in [-0.2, 0) is 11.2 Å². The lowest BCUT2D eigenvalue weighted by Crippen LogP contribution is -2.39. The van der Waals surface area contributed by atoms with Crippen molar-refractivity contribution >= 4 is 11.6 Å². The molecule has 2 rings (SSSR count). The van der Waals surface area contributed by atoms with Crippen LogP contribution in [0.15, 0.2) is 29.4 Å². The van der Waals surface area contributed by atoms with Gasteiger partial charge in [0.1, 0.15) is 5.82 Å². The van der Waals surface area contributed by atoms with Gasteiger partial charge < -0.3 is 15.4 Å². The Bertz CT molecular complexity index is 697. The van der Waals surface area contributed by atoms with E-state index in [0.29, 0.717) is 5.92 Å². The van der Waals surface area contributed by atoms with E-state index in [2.05, 4.69) is 46.6 Å². The molecule has 150 valence electrons. The lowest BCUT2D eigenvalue weighted by molar-refractivity contribution is 0.0258. The molecule has 0 saturated carbocycles. The van der Waals surface area contributed by atoms with Crippen molar-refractivity contribution in [1.82, 2.24) is 25.2 Å². The standard InChI is InChI=1S/C20H34N6O/c1-5-21-20(23-14-12-17(16(3)4)27-6-2)22-13-9-11-19-25-24-18-10-7-8-15-26(18)19/h7-8,10,15-17H,5-6,9,11-14H2,1-4H3,(H2,21,22,23). The Hall–Kier alpha value is -2.15. The van der Waals surface area contributed by atoms with Gasteiger partial charge in [-0.1, -0.05) is 19.9 Å². The molecule has 7 heteroatoms. The second kappa shape index (κ2) is 11.5. The molecule has 0 aliphatic carbocycles. The van der Waals surface area contributed by atoms with Crippen molar-refractivity contribution in [2.24, 2.45) is 10.9 Å². The van der Waals surface area contributed by atoms with E-state index in [4.69, 9.17) is 4.74 Å². The predicted molar refractivity (Wildman–Crippen MR) is 110 cm³/mol. The Kier molecular flexibility index (Phi) is 9.04. The molecule has 2 aromatic heterocycles. The maximum absolute atomic E-state index is 5.80. The molecule has 7 nitrogen and oxygen atoms in total. The highest BCUT2D eigenvalue weighted by atomic mass is 16.5. The van der Waals surface area contributed by atoms with E-state index < -0.39 is 0 Å². The number of rotatable bonds is 11. The zero-order chi connectivity index (χ0) is 19.5. The van der Waals surface area contributed by atoms with Crippen molar-refractivity contribution in [3.63, 3.8) is 0 Å². The molecule has 1 unspecified atom stereocenters. The highest BCUT2D eigenvalue weighted by Crippen LogP contribution is 2.10. The molecule has 0 aliphatic rings. The van der Waals surface area contributed by atoms with Gasteiger partial charge in [-0.3, -0.25) is 9.39 Å². The van der Waals surface area contributed by atoms with Crippen molar-refractivity contribution in [1.29, 1.82) is 0 Å². The van der Waals surface area contributed by atoms with E-state index in [9.17, 15) is 0 Å². The second-order valence-corrected chi connectivity index (χ2v) is 6.86. The molecule has 0 bridgehead atoms. The van der Waals surface area contributed by atoms with E-state index in [1.807, 2.05) is 35.7 Å². The molecule has 2 N–H and O–H groups in total. The first-order valence-electron chi connectivity index (χ1n) is 10.1. The fourth-order valence-corrected chi connectivity index (χ4v) is 2.99. The SMILES string of the molecule is CCNC(=NCCCc1nnc2ccccn12)NCCC(OCC)C(C)C. The number of aromatic nitrogens is 3. The number of nitrogens with zero attached hydrogens (tertiary/aromatic N) is 4. The lowest BCUT2D eigenvalue weighted by atomic mass is 10.0. The van der Waals surface area contributed by atoms with Crippen LogP contribution in [0.25, 0.3) is 5.65 Å². The molecule has 2 aromatic rings. The van der Waals surface area contributed by atoms with E-state index in [0.717, 1.165) is 62.9 Å². The lowest BCUT2D eigenvalue weighted by Gasteiger charge is -2.21. The van der Waals surface area contributed by atoms with E-state index in [1.165, 1.54) is 0 Å². The van der Waals surface area contributed by atoms with Crippen molar-refractivity contribution < 1.29 is 4.74 Å². The second-order valence-electron chi connectivity index (χ2n) is 6.86. The number of hydrogen-bond donors (Lipinski definition) is 2. The van der Waals surface area contributed by atoms with Gasteiger partial charge in [0.05, 0.1) is 6.10 Å². The summed E-state index contributed by atoms with van der Waals surface area (Å²) in [6, 6.07) is 5.94. The highest BCUT2D eigenvalue weighted by Gasteiger charge is 2.13. The van der Waals surface area contributed by atoms with Crippen molar-refractivity contribution in [3.05, 3.63) is 30.2 Å². The molecule has 0 spiro atoms. The van der Waals surface area contributed by atoms with Gasteiger partial charge in [0.25, 0.3) is 0 Å². The number of nitrogens with one attached hydrogen (secondary N) is 2. The number of pyridine rings is 1. The summed E-state index contributed by atoms with van der Waals surface area (Å²) in [4.78, 5) is 4.68. The summed E-state index contributed by atoms with van der Waals surface area (Å²) in [5, 5.41) is 15.2. The zero-order valence-electron chi connectivity index (χ0n) is 17.1. The van der Waals surface area contributed by atoms with Crippen molar-refractivity contribution in [3.8, 4) is 0 Å². The first-order valence-corrected chi connectivity index (χ1v) is 10.1. The van der Waals surface area contributed by atoms with Crippen molar-refractivity contribution in [2.75, 3.05) is 26.2 Å². The number of aryl methyl sites for hydroxylation is 1. The average Bonchev–Trinajstić information content (AvgIpc) is 3.07. The van der Waals surface area contributed by atoms with Gasteiger partial charge in [-0.15, -0.1) is 10.2 Å². The summed E-state index contributed by atoms with van der Waals surface area (Å²) in [6.07, 6.45) is 5.05. The average molecular weight is 375 g/mol. The van der Waals surface area contributed by atoms with Crippen LogP contribution in [-0.4, -0.2) is 52.9 Å². The summed E-state index contributed by atoms with van der Waals surface area (Å²) in [5.74, 6) is 2.36. The van der Waals surface area contributed by atoms with E-state index in [1.54, 1.807) is 0 Å². The van der Waals surface area contributed by atoms with Crippen LogP contribution in [0.4, 0.5) is 0 Å². The highest BCUT2D eigenvalue weighted by molar-refractivity contribution is 5.79. The summed E-state index contributed by atoms with van der Waals surface area (Å²) in [5.41, 5.74) is 0.889. The molecule has 1 atom stereocenters. The van der Waals surface area contributed by atoms with Crippen LogP contribution in [0.3, 0.4) is 0 Å². The summed E-state index contributed by atoms with van der Waals surface area (Å²) in [7, 11) is 0. The number of guanidine groups is 1. The molecule has 0 aromatic carbocycles. The third kappa shape index (κ3) is 6.82. The largest absolute Gasteiger partial charge is 0.378 e. The monoisotopic (exact) mass is 374 g/mol.